The fourth-order valence-electron chi connectivity index (χ4n) is 3.71. The Labute approximate surface area is 181 Å². The Bertz CT molecular complexity index is 1240. The van der Waals surface area contributed by atoms with E-state index in [9.17, 15) is 10.1 Å². The Balaban J connectivity index is 1.55. The predicted octanol–water partition coefficient (Wildman–Crippen LogP) is 3.16. The molecule has 9 nitrogen and oxygen atoms in total. The maximum atomic E-state index is 13.6. The van der Waals surface area contributed by atoms with Crippen molar-refractivity contribution in [3.05, 3.63) is 70.6 Å². The van der Waals surface area contributed by atoms with E-state index in [1.54, 1.807) is 32.0 Å². The number of nitrogens with one attached hydrogen (secondary N) is 1. The first-order valence-corrected chi connectivity index (χ1v) is 11.2. The van der Waals surface area contributed by atoms with Crippen LogP contribution in [-0.2, 0) is 22.5 Å². The molecule has 3 aliphatic heterocycles. The summed E-state index contributed by atoms with van der Waals surface area (Å²) in [5, 5.41) is 13.0. The average molecular weight is 436 g/mol. The van der Waals surface area contributed by atoms with Crippen molar-refractivity contribution in [3.63, 3.8) is 0 Å². The van der Waals surface area contributed by atoms with Gasteiger partial charge in [0.15, 0.2) is 0 Å². The molecular formula is C21H21N7O2S. The number of aromatic nitrogens is 3. The van der Waals surface area contributed by atoms with Gasteiger partial charge in [-0.05, 0) is 43.6 Å². The zero-order valence-corrected chi connectivity index (χ0v) is 18.2. The topological polar surface area (TPSA) is 114 Å². The fraction of sp³-hybridized carbons (Fsp3) is 0.333. The number of nitrogens with zero attached hydrogens (tertiary/aromatic N) is 6. The van der Waals surface area contributed by atoms with E-state index in [4.69, 9.17) is 8.89 Å². The second-order valence-corrected chi connectivity index (χ2v) is 9.59. The number of amides is 1. The number of H-pyrrole nitrogens is 1. The number of aryl methyl sites for hydroxylation is 1. The van der Waals surface area contributed by atoms with E-state index in [1.165, 1.54) is 0 Å². The highest BCUT2D eigenvalue weighted by Gasteiger charge is 2.40. The molecule has 10 heteroatoms. The lowest BCUT2D eigenvalue weighted by molar-refractivity contribution is 0.0687. The van der Waals surface area contributed by atoms with Gasteiger partial charge in [0.05, 0.1) is 29.5 Å². The van der Waals surface area contributed by atoms with Crippen LogP contribution in [0.4, 0.5) is 0 Å². The number of rotatable bonds is 3. The fourth-order valence-corrected chi connectivity index (χ4v) is 5.65. The van der Waals surface area contributed by atoms with Crippen LogP contribution in [0.1, 0.15) is 52.7 Å². The van der Waals surface area contributed by atoms with E-state index >= 15 is 0 Å². The number of imidazole rings is 1. The lowest BCUT2D eigenvalue weighted by atomic mass is 9.96. The first-order valence-electron chi connectivity index (χ1n) is 9.91. The molecule has 0 bridgehead atoms. The summed E-state index contributed by atoms with van der Waals surface area (Å²) in [4.78, 5) is 27.5. The second kappa shape index (κ2) is 7.06. The number of allylic oxidation sites excluding steroid dienone is 3. The summed E-state index contributed by atoms with van der Waals surface area (Å²) in [5.74, 6) is 0.142. The maximum Gasteiger partial charge on any atom is 0.292 e. The second-order valence-electron chi connectivity index (χ2n) is 8.05. The first kappa shape index (κ1) is 19.5. The Morgan fingerprint density at radius 3 is 3.03 bits per heavy atom. The van der Waals surface area contributed by atoms with Crippen LogP contribution in [-0.4, -0.2) is 37.3 Å². The molecule has 0 radical (unpaired) electrons. The highest BCUT2D eigenvalue weighted by Crippen LogP contribution is 2.37. The molecule has 5 heterocycles. The van der Waals surface area contributed by atoms with Crippen LogP contribution in [0.3, 0.4) is 0 Å². The largest absolute Gasteiger partial charge is 0.433 e. The minimum atomic E-state index is -0.922. The number of carbonyl (C=O) groups excluding carboxylic acids is 1. The smallest absolute Gasteiger partial charge is 0.292 e. The van der Waals surface area contributed by atoms with Gasteiger partial charge in [-0.1, -0.05) is 6.08 Å². The standard InChI is InChI=1S/C21H21N7O2S/c1-13-17(30-20(25-13)21(2,3)11-22)18(29)27-9-7-15-16(24-12-23-15)19(27)31-10-14-6-4-5-8-28(14)26-31/h4-6,8,10,12,19H,7,9H2,1-3H3,(H,23,24)/t19-,31?/m0/s1. The van der Waals surface area contributed by atoms with Crippen LogP contribution in [0, 0.1) is 18.3 Å². The summed E-state index contributed by atoms with van der Waals surface area (Å²) in [6.45, 7) is 5.67. The highest BCUT2D eigenvalue weighted by atomic mass is 32.2. The highest BCUT2D eigenvalue weighted by molar-refractivity contribution is 7.90. The number of hydrogen-bond acceptors (Lipinski definition) is 7. The number of oxazole rings is 1. The van der Waals surface area contributed by atoms with Crippen LogP contribution in [0.15, 0.2) is 50.7 Å². The number of carbonyl (C=O) groups is 1. The van der Waals surface area contributed by atoms with Crippen molar-refractivity contribution in [1.29, 1.82) is 5.26 Å². The summed E-state index contributed by atoms with van der Waals surface area (Å²) in [6, 6.07) is 2.17. The van der Waals surface area contributed by atoms with Gasteiger partial charge >= 0.3 is 0 Å². The third-order valence-electron chi connectivity index (χ3n) is 5.46. The monoisotopic (exact) mass is 435 g/mol. The Kier molecular flexibility index (Phi) is 4.44. The molecule has 1 unspecified atom stereocenters. The molecule has 2 aromatic heterocycles. The third-order valence-corrected chi connectivity index (χ3v) is 7.24. The van der Waals surface area contributed by atoms with Gasteiger partial charge in [-0.25, -0.2) is 15.0 Å². The van der Waals surface area contributed by atoms with E-state index in [1.807, 2.05) is 29.4 Å². The molecule has 31 heavy (non-hydrogen) atoms. The normalized spacial score (nSPS) is 21.9. The van der Waals surface area contributed by atoms with Crippen LogP contribution >= 0.6 is 0 Å². The minimum absolute atomic E-state index is 0.162. The summed E-state index contributed by atoms with van der Waals surface area (Å²) in [5.41, 5.74) is 2.38. The van der Waals surface area contributed by atoms with Gasteiger partial charge in [-0.15, -0.1) is 4.47 Å². The van der Waals surface area contributed by atoms with Gasteiger partial charge in [0, 0.05) is 30.3 Å². The zero-order valence-electron chi connectivity index (χ0n) is 17.4. The van der Waals surface area contributed by atoms with Crippen molar-refractivity contribution < 1.29 is 9.21 Å². The molecule has 2 atom stereocenters. The Hall–Kier alpha value is -3.45. The minimum Gasteiger partial charge on any atom is -0.433 e. The number of nitriles is 1. The van der Waals surface area contributed by atoms with E-state index in [0.29, 0.717) is 18.7 Å². The molecule has 5 rings (SSSR count). The van der Waals surface area contributed by atoms with Crippen LogP contribution in [0.2, 0.25) is 0 Å². The van der Waals surface area contributed by atoms with Crippen molar-refractivity contribution in [2.75, 3.05) is 6.54 Å². The zero-order chi connectivity index (χ0) is 21.8. The number of hydrogen-bond donors (Lipinski definition) is 1. The van der Waals surface area contributed by atoms with Crippen molar-refractivity contribution in [1.82, 2.24) is 24.9 Å². The maximum absolute atomic E-state index is 13.6. The number of aromatic amines is 1. The molecule has 2 aromatic rings. The van der Waals surface area contributed by atoms with Crippen molar-refractivity contribution >= 4 is 16.6 Å². The van der Waals surface area contributed by atoms with E-state index in [-0.39, 0.29) is 22.9 Å². The lowest BCUT2D eigenvalue weighted by Gasteiger charge is -2.34. The molecule has 1 N–H and O–H groups in total. The third kappa shape index (κ3) is 3.13. The van der Waals surface area contributed by atoms with Crippen LogP contribution in [0.25, 0.3) is 0 Å². The molecule has 1 amide bonds. The molecule has 158 valence electrons. The van der Waals surface area contributed by atoms with Crippen LogP contribution < -0.4 is 0 Å². The van der Waals surface area contributed by atoms with Gasteiger partial charge in [-0.3, -0.25) is 4.79 Å². The molecule has 0 aromatic carbocycles. The van der Waals surface area contributed by atoms with Crippen molar-refractivity contribution in [3.8, 4) is 6.07 Å². The molecule has 0 spiro atoms. The molecule has 0 fully saturated rings. The summed E-state index contributed by atoms with van der Waals surface area (Å²) in [6.07, 6.45) is 10.1. The molecule has 3 aliphatic rings. The van der Waals surface area contributed by atoms with Gasteiger partial charge < -0.3 is 14.3 Å². The van der Waals surface area contributed by atoms with Gasteiger partial charge in [0.1, 0.15) is 10.8 Å². The molecule has 0 saturated carbocycles. The Morgan fingerprint density at radius 1 is 1.42 bits per heavy atom. The van der Waals surface area contributed by atoms with Gasteiger partial charge in [0.2, 0.25) is 11.7 Å². The van der Waals surface area contributed by atoms with Crippen molar-refractivity contribution in [2.24, 2.45) is 4.47 Å². The van der Waals surface area contributed by atoms with Gasteiger partial charge in [-0.2, -0.15) is 5.26 Å². The summed E-state index contributed by atoms with van der Waals surface area (Å²) < 4.78 is 10.6. The summed E-state index contributed by atoms with van der Waals surface area (Å²) >= 11 is 0. The number of fused-ring (bicyclic) bond motifs is 2. The molecule has 0 aliphatic carbocycles. The Morgan fingerprint density at radius 2 is 2.26 bits per heavy atom. The quantitative estimate of drug-likeness (QED) is 0.792. The van der Waals surface area contributed by atoms with Crippen LogP contribution in [0.5, 0.6) is 0 Å². The van der Waals surface area contributed by atoms with Crippen molar-refractivity contribution in [2.45, 2.75) is 38.0 Å². The average Bonchev–Trinajstić information content (AvgIpc) is 3.49. The van der Waals surface area contributed by atoms with E-state index in [2.05, 4.69) is 26.4 Å². The first-order chi connectivity index (χ1) is 14.9. The SMILES string of the molecule is Cc1nc(C(C)(C)C#N)oc1C(=O)N1CCc2[nH]cnc2[C@@H]1S1=NN2C=CC=CC2=C1. The van der Waals surface area contributed by atoms with E-state index in [0.717, 1.165) is 17.1 Å². The lowest BCUT2D eigenvalue weighted by Crippen LogP contribution is -2.41. The van der Waals surface area contributed by atoms with Gasteiger partial charge in [0.25, 0.3) is 5.91 Å². The predicted molar refractivity (Wildman–Crippen MR) is 114 cm³/mol. The molecule has 0 saturated heterocycles. The molecular weight excluding hydrogens is 414 g/mol. The van der Waals surface area contributed by atoms with E-state index < -0.39 is 16.1 Å². The summed E-state index contributed by atoms with van der Waals surface area (Å²) in [7, 11) is -0.622.